The predicted molar refractivity (Wildman–Crippen MR) is 69.4 cm³/mol. The van der Waals surface area contributed by atoms with Crippen molar-refractivity contribution in [3.8, 4) is 0 Å². The topological polar surface area (TPSA) is 106 Å². The van der Waals surface area contributed by atoms with Crippen LogP contribution < -0.4 is 16.4 Å². The fraction of sp³-hybridized carbons (Fsp3) is 0.308. The number of carbonyl (C=O) groups is 3. The van der Waals surface area contributed by atoms with E-state index in [4.69, 9.17) is 11.5 Å². The van der Waals surface area contributed by atoms with Crippen LogP contribution in [0.5, 0.6) is 0 Å². The van der Waals surface area contributed by atoms with Crippen molar-refractivity contribution in [1.29, 1.82) is 0 Å². The summed E-state index contributed by atoms with van der Waals surface area (Å²) in [5.74, 6) is -1.58. The quantitative estimate of drug-likeness (QED) is 0.795. The van der Waals surface area contributed by atoms with Gasteiger partial charge in [-0.05, 0) is 30.7 Å². The van der Waals surface area contributed by atoms with Gasteiger partial charge in [-0.1, -0.05) is 0 Å². The van der Waals surface area contributed by atoms with Crippen LogP contribution in [0.3, 0.4) is 0 Å². The smallest absolute Gasteiger partial charge is 0.248 e. The Morgan fingerprint density at radius 3 is 2.47 bits per heavy atom. The van der Waals surface area contributed by atoms with Gasteiger partial charge < -0.3 is 16.4 Å². The Morgan fingerprint density at radius 2 is 2.00 bits per heavy atom. The third-order valence-electron chi connectivity index (χ3n) is 3.30. The molecule has 1 aliphatic rings. The van der Waals surface area contributed by atoms with Crippen molar-refractivity contribution in [2.45, 2.75) is 13.3 Å². The standard InChI is InChI=1S/C13H15N3O3/c1-7-4-8(12(14)18)2-3-10(7)16-6-9(13(15)19)5-11(16)17/h2-4,9H,5-6H2,1H3,(H2,14,18)(H2,15,19)/t9-/m0/s1. The van der Waals surface area contributed by atoms with Gasteiger partial charge in [0.2, 0.25) is 17.7 Å². The van der Waals surface area contributed by atoms with Crippen LogP contribution in [0.25, 0.3) is 0 Å². The van der Waals surface area contributed by atoms with Crippen molar-refractivity contribution < 1.29 is 14.4 Å². The number of nitrogens with two attached hydrogens (primary N) is 2. The molecule has 1 heterocycles. The molecule has 4 N–H and O–H groups in total. The van der Waals surface area contributed by atoms with Crippen LogP contribution in [-0.2, 0) is 9.59 Å². The van der Waals surface area contributed by atoms with E-state index in [1.54, 1.807) is 25.1 Å². The van der Waals surface area contributed by atoms with Crippen LogP contribution in [0, 0.1) is 12.8 Å². The van der Waals surface area contributed by atoms with Gasteiger partial charge in [-0.2, -0.15) is 0 Å². The van der Waals surface area contributed by atoms with E-state index >= 15 is 0 Å². The summed E-state index contributed by atoms with van der Waals surface area (Å²) in [6.45, 7) is 2.07. The van der Waals surface area contributed by atoms with Gasteiger partial charge >= 0.3 is 0 Å². The molecule has 1 saturated heterocycles. The zero-order chi connectivity index (χ0) is 14.2. The third kappa shape index (κ3) is 2.42. The Kier molecular flexibility index (Phi) is 3.25. The lowest BCUT2D eigenvalue weighted by molar-refractivity contribution is -0.123. The van der Waals surface area contributed by atoms with Crippen LogP contribution in [0.2, 0.25) is 0 Å². The minimum Gasteiger partial charge on any atom is -0.369 e. The van der Waals surface area contributed by atoms with Gasteiger partial charge in [-0.3, -0.25) is 14.4 Å². The fourth-order valence-electron chi connectivity index (χ4n) is 2.24. The van der Waals surface area contributed by atoms with Gasteiger partial charge in [0, 0.05) is 24.2 Å². The van der Waals surface area contributed by atoms with E-state index in [0.717, 1.165) is 5.56 Å². The zero-order valence-corrected chi connectivity index (χ0v) is 10.6. The van der Waals surface area contributed by atoms with Crippen molar-refractivity contribution in [1.82, 2.24) is 0 Å². The van der Waals surface area contributed by atoms with Crippen molar-refractivity contribution in [2.75, 3.05) is 11.4 Å². The molecule has 0 unspecified atom stereocenters. The Hall–Kier alpha value is -2.37. The molecule has 0 spiro atoms. The number of nitrogens with zero attached hydrogens (tertiary/aromatic N) is 1. The van der Waals surface area contributed by atoms with Crippen molar-refractivity contribution in [3.63, 3.8) is 0 Å². The van der Waals surface area contributed by atoms with Crippen LogP contribution >= 0.6 is 0 Å². The summed E-state index contributed by atoms with van der Waals surface area (Å²) >= 11 is 0. The third-order valence-corrected chi connectivity index (χ3v) is 3.30. The number of carbonyl (C=O) groups excluding carboxylic acids is 3. The summed E-state index contributed by atoms with van der Waals surface area (Å²) in [5.41, 5.74) is 12.2. The van der Waals surface area contributed by atoms with Crippen LogP contribution in [0.4, 0.5) is 5.69 Å². The van der Waals surface area contributed by atoms with Gasteiger partial charge in [0.05, 0.1) is 5.92 Å². The number of rotatable bonds is 3. The van der Waals surface area contributed by atoms with Crippen molar-refractivity contribution in [3.05, 3.63) is 29.3 Å². The summed E-state index contributed by atoms with van der Waals surface area (Å²) in [6, 6.07) is 4.86. The van der Waals surface area contributed by atoms with Gasteiger partial charge in [0.25, 0.3) is 0 Å². The number of benzene rings is 1. The van der Waals surface area contributed by atoms with Crippen molar-refractivity contribution >= 4 is 23.4 Å². The maximum atomic E-state index is 11.9. The fourth-order valence-corrected chi connectivity index (χ4v) is 2.24. The summed E-state index contributed by atoms with van der Waals surface area (Å²) in [5, 5.41) is 0. The average Bonchev–Trinajstić information content (AvgIpc) is 2.71. The second kappa shape index (κ2) is 4.72. The summed E-state index contributed by atoms with van der Waals surface area (Å²) in [4.78, 5) is 35.6. The first kappa shape index (κ1) is 13.1. The number of primary amides is 2. The largest absolute Gasteiger partial charge is 0.369 e. The van der Waals surface area contributed by atoms with Gasteiger partial charge in [-0.25, -0.2) is 0 Å². The van der Waals surface area contributed by atoms with Crippen LogP contribution in [-0.4, -0.2) is 24.3 Å². The molecular formula is C13H15N3O3. The SMILES string of the molecule is Cc1cc(C(N)=O)ccc1N1C[C@@H](C(N)=O)CC1=O. The predicted octanol–water partition coefficient (Wildman–Crippen LogP) is -0.0679. The lowest BCUT2D eigenvalue weighted by Gasteiger charge is -2.19. The highest BCUT2D eigenvalue weighted by Crippen LogP contribution is 2.28. The average molecular weight is 261 g/mol. The van der Waals surface area contributed by atoms with Gasteiger partial charge in [0.1, 0.15) is 0 Å². The first-order valence-electron chi connectivity index (χ1n) is 5.90. The molecule has 3 amide bonds. The van der Waals surface area contributed by atoms with Crippen LogP contribution in [0.15, 0.2) is 18.2 Å². The van der Waals surface area contributed by atoms with E-state index in [9.17, 15) is 14.4 Å². The molecule has 1 fully saturated rings. The van der Waals surface area contributed by atoms with Crippen molar-refractivity contribution in [2.24, 2.45) is 17.4 Å². The molecule has 19 heavy (non-hydrogen) atoms. The van der Waals surface area contributed by atoms with Crippen LogP contribution in [0.1, 0.15) is 22.3 Å². The maximum Gasteiger partial charge on any atom is 0.248 e. The lowest BCUT2D eigenvalue weighted by Crippen LogP contribution is -2.29. The Labute approximate surface area is 110 Å². The molecule has 1 aromatic rings. The number of aryl methyl sites for hydroxylation is 1. The molecule has 0 aliphatic carbocycles. The highest BCUT2D eigenvalue weighted by Gasteiger charge is 2.34. The number of hydrogen-bond acceptors (Lipinski definition) is 3. The molecule has 2 rings (SSSR count). The zero-order valence-electron chi connectivity index (χ0n) is 10.6. The normalized spacial score (nSPS) is 18.7. The number of amides is 3. The van der Waals surface area contributed by atoms with E-state index in [1.807, 2.05) is 0 Å². The molecule has 0 bridgehead atoms. The number of hydrogen-bond donors (Lipinski definition) is 2. The highest BCUT2D eigenvalue weighted by molar-refractivity contribution is 6.01. The summed E-state index contributed by atoms with van der Waals surface area (Å²) in [7, 11) is 0. The first-order valence-corrected chi connectivity index (χ1v) is 5.90. The van der Waals surface area contributed by atoms with E-state index in [0.29, 0.717) is 11.3 Å². The molecule has 0 saturated carbocycles. The maximum absolute atomic E-state index is 11.9. The minimum atomic E-state index is -0.516. The Morgan fingerprint density at radius 1 is 1.32 bits per heavy atom. The monoisotopic (exact) mass is 261 g/mol. The second-order valence-corrected chi connectivity index (χ2v) is 4.67. The molecule has 1 atom stereocenters. The lowest BCUT2D eigenvalue weighted by atomic mass is 10.1. The minimum absolute atomic E-state index is 0.131. The van der Waals surface area contributed by atoms with E-state index in [2.05, 4.69) is 0 Å². The molecule has 0 radical (unpaired) electrons. The molecule has 1 aromatic carbocycles. The van der Waals surface area contributed by atoms with E-state index in [1.165, 1.54) is 4.90 Å². The molecular weight excluding hydrogens is 246 g/mol. The molecule has 0 aromatic heterocycles. The first-order chi connectivity index (χ1) is 8.90. The van der Waals surface area contributed by atoms with E-state index in [-0.39, 0.29) is 18.9 Å². The molecule has 6 heteroatoms. The Bertz CT molecular complexity index is 568. The molecule has 100 valence electrons. The summed E-state index contributed by atoms with van der Waals surface area (Å²) in [6.07, 6.45) is 0.131. The second-order valence-electron chi connectivity index (χ2n) is 4.67. The van der Waals surface area contributed by atoms with E-state index < -0.39 is 17.7 Å². The number of anilines is 1. The highest BCUT2D eigenvalue weighted by atomic mass is 16.2. The summed E-state index contributed by atoms with van der Waals surface area (Å²) < 4.78 is 0. The molecule has 6 nitrogen and oxygen atoms in total. The Balaban J connectivity index is 2.30. The van der Waals surface area contributed by atoms with Gasteiger partial charge in [-0.15, -0.1) is 0 Å². The van der Waals surface area contributed by atoms with Gasteiger partial charge in [0.15, 0.2) is 0 Å². The molecule has 1 aliphatic heterocycles.